The molecule has 0 fully saturated rings. The molecule has 1 aromatic carbocycles. The SMILES string of the molecule is CN=C(NCc1ccc(Cl)cc1)NCc1ccn[nH]1. The molecule has 2 aromatic rings. The van der Waals surface area contributed by atoms with Gasteiger partial charge in [-0.25, -0.2) is 0 Å². The van der Waals surface area contributed by atoms with E-state index in [2.05, 4.69) is 25.8 Å². The highest BCUT2D eigenvalue weighted by Gasteiger charge is 1.99. The molecule has 0 aliphatic heterocycles. The van der Waals surface area contributed by atoms with Gasteiger partial charge in [0.15, 0.2) is 5.96 Å². The first-order valence-corrected chi connectivity index (χ1v) is 6.33. The van der Waals surface area contributed by atoms with E-state index < -0.39 is 0 Å². The normalized spacial score (nSPS) is 11.4. The van der Waals surface area contributed by atoms with Gasteiger partial charge in [-0.1, -0.05) is 23.7 Å². The Morgan fingerprint density at radius 1 is 1.21 bits per heavy atom. The third kappa shape index (κ3) is 4.30. The number of halogens is 1. The summed E-state index contributed by atoms with van der Waals surface area (Å²) in [5.41, 5.74) is 2.16. The lowest BCUT2D eigenvalue weighted by molar-refractivity contribution is 0.790. The Hall–Kier alpha value is -2.01. The second-order valence-corrected chi connectivity index (χ2v) is 4.42. The molecule has 1 aromatic heterocycles. The van der Waals surface area contributed by atoms with Crippen LogP contribution in [-0.2, 0) is 13.1 Å². The van der Waals surface area contributed by atoms with E-state index in [0.717, 1.165) is 22.2 Å². The first-order chi connectivity index (χ1) is 9.28. The molecule has 0 bridgehead atoms. The minimum absolute atomic E-state index is 0.653. The molecule has 1 heterocycles. The Labute approximate surface area is 117 Å². The number of H-pyrrole nitrogens is 1. The number of guanidine groups is 1. The molecular formula is C13H16ClN5. The monoisotopic (exact) mass is 277 g/mol. The quantitative estimate of drug-likeness (QED) is 0.591. The molecule has 19 heavy (non-hydrogen) atoms. The lowest BCUT2D eigenvalue weighted by Gasteiger charge is -2.11. The molecule has 6 heteroatoms. The molecule has 0 aliphatic carbocycles. The van der Waals surface area contributed by atoms with Gasteiger partial charge in [0.2, 0.25) is 0 Å². The molecule has 2 rings (SSSR count). The highest BCUT2D eigenvalue weighted by molar-refractivity contribution is 6.30. The molecule has 0 spiro atoms. The molecule has 0 atom stereocenters. The number of hydrogen-bond acceptors (Lipinski definition) is 2. The van der Waals surface area contributed by atoms with Crippen LogP contribution in [0.1, 0.15) is 11.3 Å². The van der Waals surface area contributed by atoms with Gasteiger partial charge < -0.3 is 10.6 Å². The van der Waals surface area contributed by atoms with Gasteiger partial charge in [0, 0.05) is 24.8 Å². The minimum Gasteiger partial charge on any atom is -0.352 e. The maximum absolute atomic E-state index is 5.84. The van der Waals surface area contributed by atoms with E-state index in [1.54, 1.807) is 13.2 Å². The van der Waals surface area contributed by atoms with Crippen LogP contribution in [0.5, 0.6) is 0 Å². The van der Waals surface area contributed by atoms with Crippen LogP contribution in [0.2, 0.25) is 5.02 Å². The van der Waals surface area contributed by atoms with E-state index in [9.17, 15) is 0 Å². The topological polar surface area (TPSA) is 65.1 Å². The zero-order valence-electron chi connectivity index (χ0n) is 10.7. The van der Waals surface area contributed by atoms with Crippen molar-refractivity contribution in [2.24, 2.45) is 4.99 Å². The Morgan fingerprint density at radius 2 is 1.95 bits per heavy atom. The summed E-state index contributed by atoms with van der Waals surface area (Å²) in [5.74, 6) is 0.740. The van der Waals surface area contributed by atoms with E-state index in [4.69, 9.17) is 11.6 Å². The zero-order chi connectivity index (χ0) is 13.5. The maximum Gasteiger partial charge on any atom is 0.191 e. The van der Waals surface area contributed by atoms with Crippen LogP contribution in [0.15, 0.2) is 41.5 Å². The van der Waals surface area contributed by atoms with Crippen molar-refractivity contribution in [2.45, 2.75) is 13.1 Å². The average molecular weight is 278 g/mol. The van der Waals surface area contributed by atoms with Gasteiger partial charge in [-0.3, -0.25) is 10.1 Å². The van der Waals surface area contributed by atoms with Gasteiger partial charge >= 0.3 is 0 Å². The van der Waals surface area contributed by atoms with Crippen LogP contribution in [0.25, 0.3) is 0 Å². The molecule has 0 amide bonds. The van der Waals surface area contributed by atoms with Crippen LogP contribution in [0.4, 0.5) is 0 Å². The minimum atomic E-state index is 0.653. The second kappa shape index (κ2) is 6.80. The van der Waals surface area contributed by atoms with Crippen LogP contribution in [0, 0.1) is 0 Å². The number of rotatable bonds is 4. The fourth-order valence-corrected chi connectivity index (χ4v) is 1.70. The van der Waals surface area contributed by atoms with Crippen molar-refractivity contribution in [3.8, 4) is 0 Å². The number of benzene rings is 1. The van der Waals surface area contributed by atoms with E-state index in [1.807, 2.05) is 30.3 Å². The Bertz CT molecular complexity index is 518. The maximum atomic E-state index is 5.84. The summed E-state index contributed by atoms with van der Waals surface area (Å²) in [6.07, 6.45) is 1.72. The predicted molar refractivity (Wildman–Crippen MR) is 77.1 cm³/mol. The van der Waals surface area contributed by atoms with Gasteiger partial charge in [0.25, 0.3) is 0 Å². The van der Waals surface area contributed by atoms with E-state index >= 15 is 0 Å². The number of nitrogens with one attached hydrogen (secondary N) is 3. The lowest BCUT2D eigenvalue weighted by atomic mass is 10.2. The summed E-state index contributed by atoms with van der Waals surface area (Å²) in [5, 5.41) is 13.9. The molecule has 0 unspecified atom stereocenters. The van der Waals surface area contributed by atoms with Crippen LogP contribution >= 0.6 is 11.6 Å². The third-order valence-electron chi connectivity index (χ3n) is 2.60. The van der Waals surface area contributed by atoms with E-state index in [1.165, 1.54) is 0 Å². The van der Waals surface area contributed by atoms with Crippen molar-refractivity contribution >= 4 is 17.6 Å². The average Bonchev–Trinajstić information content (AvgIpc) is 2.94. The van der Waals surface area contributed by atoms with Gasteiger partial charge in [-0.05, 0) is 23.8 Å². The number of nitrogens with zero attached hydrogens (tertiary/aromatic N) is 2. The molecule has 0 saturated carbocycles. The number of aromatic amines is 1. The number of hydrogen-bond donors (Lipinski definition) is 3. The Balaban J connectivity index is 1.81. The molecule has 0 saturated heterocycles. The molecule has 0 radical (unpaired) electrons. The largest absolute Gasteiger partial charge is 0.352 e. The highest BCUT2D eigenvalue weighted by Crippen LogP contribution is 2.08. The summed E-state index contributed by atoms with van der Waals surface area (Å²) in [4.78, 5) is 4.15. The van der Waals surface area contributed by atoms with Gasteiger partial charge in [0.05, 0.1) is 12.2 Å². The first-order valence-electron chi connectivity index (χ1n) is 5.95. The van der Waals surface area contributed by atoms with Gasteiger partial charge in [0.1, 0.15) is 0 Å². The van der Waals surface area contributed by atoms with E-state index in [0.29, 0.717) is 13.1 Å². The van der Waals surface area contributed by atoms with E-state index in [-0.39, 0.29) is 0 Å². The molecule has 100 valence electrons. The second-order valence-electron chi connectivity index (χ2n) is 3.99. The fourth-order valence-electron chi connectivity index (χ4n) is 1.57. The van der Waals surface area contributed by atoms with Crippen LogP contribution in [0.3, 0.4) is 0 Å². The van der Waals surface area contributed by atoms with Crippen LogP contribution in [-0.4, -0.2) is 23.2 Å². The standard InChI is InChI=1S/C13H16ClN5/c1-15-13(17-9-12-6-7-18-19-12)16-8-10-2-4-11(14)5-3-10/h2-7H,8-9H2,1H3,(H,18,19)(H2,15,16,17). The summed E-state index contributed by atoms with van der Waals surface area (Å²) in [6, 6.07) is 9.63. The zero-order valence-corrected chi connectivity index (χ0v) is 11.4. The molecular weight excluding hydrogens is 262 g/mol. The van der Waals surface area contributed by atoms with Crippen molar-refractivity contribution in [1.82, 2.24) is 20.8 Å². The summed E-state index contributed by atoms with van der Waals surface area (Å²) >= 11 is 5.84. The Kier molecular flexibility index (Phi) is 4.80. The Morgan fingerprint density at radius 3 is 2.58 bits per heavy atom. The first kappa shape index (κ1) is 13.4. The van der Waals surface area contributed by atoms with Gasteiger partial charge in [-0.2, -0.15) is 5.10 Å². The highest BCUT2D eigenvalue weighted by atomic mass is 35.5. The van der Waals surface area contributed by atoms with Gasteiger partial charge in [-0.15, -0.1) is 0 Å². The summed E-state index contributed by atoms with van der Waals surface area (Å²) in [6.45, 7) is 1.35. The van der Waals surface area contributed by atoms with Crippen molar-refractivity contribution < 1.29 is 0 Å². The number of aliphatic imine (C=N–C) groups is 1. The number of aromatic nitrogens is 2. The van der Waals surface area contributed by atoms with Crippen molar-refractivity contribution in [2.75, 3.05) is 7.05 Å². The molecule has 3 N–H and O–H groups in total. The van der Waals surface area contributed by atoms with Crippen LogP contribution < -0.4 is 10.6 Å². The summed E-state index contributed by atoms with van der Waals surface area (Å²) in [7, 11) is 1.74. The van der Waals surface area contributed by atoms with Crippen molar-refractivity contribution in [3.05, 3.63) is 52.8 Å². The molecule has 5 nitrogen and oxygen atoms in total. The van der Waals surface area contributed by atoms with Crippen molar-refractivity contribution in [1.29, 1.82) is 0 Å². The third-order valence-corrected chi connectivity index (χ3v) is 2.85. The predicted octanol–water partition coefficient (Wildman–Crippen LogP) is 1.93. The lowest BCUT2D eigenvalue weighted by Crippen LogP contribution is -2.36. The fraction of sp³-hybridized carbons (Fsp3) is 0.231. The van der Waals surface area contributed by atoms with Crippen molar-refractivity contribution in [3.63, 3.8) is 0 Å². The smallest absolute Gasteiger partial charge is 0.191 e. The summed E-state index contributed by atoms with van der Waals surface area (Å²) < 4.78 is 0. The molecule has 0 aliphatic rings.